The van der Waals surface area contributed by atoms with Gasteiger partial charge in [-0.2, -0.15) is 0 Å². The summed E-state index contributed by atoms with van der Waals surface area (Å²) >= 11 is 0. The molecule has 2 fully saturated rings. The van der Waals surface area contributed by atoms with Gasteiger partial charge in [0.25, 0.3) is 5.91 Å². The molecule has 1 aliphatic carbocycles. The molecule has 4 amide bonds. The minimum absolute atomic E-state index is 0.0593. The Hall–Kier alpha value is -2.12. The number of urea groups is 1. The van der Waals surface area contributed by atoms with E-state index in [0.29, 0.717) is 12.8 Å². The summed E-state index contributed by atoms with van der Waals surface area (Å²) in [5.41, 5.74) is -1.23. The highest BCUT2D eigenvalue weighted by atomic mass is 16.4. The van der Waals surface area contributed by atoms with Gasteiger partial charge in [0.1, 0.15) is 18.6 Å². The number of carboxylic acids is 1. The van der Waals surface area contributed by atoms with Crippen molar-refractivity contribution in [1.29, 1.82) is 0 Å². The molecule has 0 atom stereocenters. The lowest BCUT2D eigenvalue weighted by molar-refractivity contribution is -0.151. The molecule has 2 N–H and O–H groups in total. The number of rotatable bonds is 4. The van der Waals surface area contributed by atoms with Crippen LogP contribution in [0.5, 0.6) is 0 Å². The SMILES string of the molecule is CN1CC(=O)N(CC(=O)NC2(C(=O)O)CCC2)C1=O. The fourth-order valence-corrected chi connectivity index (χ4v) is 2.20. The van der Waals surface area contributed by atoms with Gasteiger partial charge in [-0.15, -0.1) is 0 Å². The minimum atomic E-state index is -1.23. The number of amides is 4. The van der Waals surface area contributed by atoms with Crippen LogP contribution in [0.25, 0.3) is 0 Å². The number of likely N-dealkylation sites (N-methyl/N-ethyl adjacent to an activating group) is 1. The lowest BCUT2D eigenvalue weighted by Crippen LogP contribution is -2.60. The number of carbonyl (C=O) groups excluding carboxylic acids is 3. The lowest BCUT2D eigenvalue weighted by Gasteiger charge is -2.38. The first-order valence-corrected chi connectivity index (χ1v) is 5.95. The smallest absolute Gasteiger partial charge is 0.329 e. The van der Waals surface area contributed by atoms with Crippen molar-refractivity contribution in [2.24, 2.45) is 0 Å². The summed E-state index contributed by atoms with van der Waals surface area (Å²) in [6.07, 6.45) is 1.47. The number of nitrogens with zero attached hydrogens (tertiary/aromatic N) is 2. The Morgan fingerprint density at radius 1 is 1.37 bits per heavy atom. The zero-order valence-corrected chi connectivity index (χ0v) is 10.5. The maximum Gasteiger partial charge on any atom is 0.329 e. The van der Waals surface area contributed by atoms with Crippen molar-refractivity contribution in [3.8, 4) is 0 Å². The number of hydrogen-bond donors (Lipinski definition) is 2. The fraction of sp³-hybridized carbons (Fsp3) is 0.636. The number of hydrogen-bond acceptors (Lipinski definition) is 4. The van der Waals surface area contributed by atoms with Gasteiger partial charge in [-0.25, -0.2) is 9.59 Å². The van der Waals surface area contributed by atoms with E-state index in [1.807, 2.05) is 0 Å². The van der Waals surface area contributed by atoms with Gasteiger partial charge in [-0.1, -0.05) is 0 Å². The largest absolute Gasteiger partial charge is 0.480 e. The van der Waals surface area contributed by atoms with Crippen LogP contribution in [0.1, 0.15) is 19.3 Å². The first kappa shape index (κ1) is 13.3. The molecule has 8 heteroatoms. The molecule has 0 radical (unpaired) electrons. The number of carbonyl (C=O) groups is 4. The molecule has 104 valence electrons. The Balaban J connectivity index is 1.97. The summed E-state index contributed by atoms with van der Waals surface area (Å²) < 4.78 is 0. The van der Waals surface area contributed by atoms with Crippen LogP contribution >= 0.6 is 0 Å². The van der Waals surface area contributed by atoms with Crippen molar-refractivity contribution in [2.75, 3.05) is 20.1 Å². The number of imide groups is 1. The maximum atomic E-state index is 11.8. The van der Waals surface area contributed by atoms with Gasteiger partial charge in [0.2, 0.25) is 5.91 Å². The van der Waals surface area contributed by atoms with Crippen molar-refractivity contribution in [3.63, 3.8) is 0 Å². The van der Waals surface area contributed by atoms with Crippen LogP contribution in [0, 0.1) is 0 Å². The van der Waals surface area contributed by atoms with Crippen molar-refractivity contribution in [1.82, 2.24) is 15.1 Å². The van der Waals surface area contributed by atoms with Crippen LogP contribution in [0.15, 0.2) is 0 Å². The third kappa shape index (κ3) is 2.25. The van der Waals surface area contributed by atoms with Gasteiger partial charge in [0.15, 0.2) is 0 Å². The Labute approximate surface area is 109 Å². The molecule has 0 aromatic carbocycles. The molecule has 0 aromatic heterocycles. The summed E-state index contributed by atoms with van der Waals surface area (Å²) in [6.45, 7) is -0.493. The second kappa shape index (κ2) is 4.52. The van der Waals surface area contributed by atoms with Crippen molar-refractivity contribution < 1.29 is 24.3 Å². The summed E-state index contributed by atoms with van der Waals surface area (Å²) in [5, 5.41) is 11.5. The van der Waals surface area contributed by atoms with E-state index in [9.17, 15) is 19.2 Å². The van der Waals surface area contributed by atoms with Gasteiger partial charge < -0.3 is 15.3 Å². The van der Waals surface area contributed by atoms with Gasteiger partial charge in [-0.05, 0) is 19.3 Å². The Kier molecular flexibility index (Phi) is 3.17. The molecule has 19 heavy (non-hydrogen) atoms. The second-order valence-corrected chi connectivity index (χ2v) is 4.91. The molecule has 2 aliphatic rings. The van der Waals surface area contributed by atoms with Gasteiger partial charge >= 0.3 is 12.0 Å². The van der Waals surface area contributed by atoms with Crippen LogP contribution in [-0.2, 0) is 14.4 Å². The van der Waals surface area contributed by atoms with E-state index in [2.05, 4.69) is 5.32 Å². The molecule has 0 bridgehead atoms. The maximum absolute atomic E-state index is 11.8. The predicted octanol–water partition coefficient (Wildman–Crippen LogP) is -0.996. The zero-order chi connectivity index (χ0) is 14.2. The minimum Gasteiger partial charge on any atom is -0.480 e. The van der Waals surface area contributed by atoms with Crippen LogP contribution in [0.3, 0.4) is 0 Å². The number of carboxylic acid groups (broad SMARTS) is 1. The number of aliphatic carboxylic acids is 1. The average Bonchev–Trinajstić information content (AvgIpc) is 2.50. The second-order valence-electron chi connectivity index (χ2n) is 4.91. The molecule has 0 unspecified atom stereocenters. The molecule has 1 aliphatic heterocycles. The first-order valence-electron chi connectivity index (χ1n) is 5.95. The normalized spacial score (nSPS) is 21.3. The van der Waals surface area contributed by atoms with Crippen LogP contribution < -0.4 is 5.32 Å². The molecular formula is C11H15N3O5. The first-order chi connectivity index (χ1) is 8.85. The van der Waals surface area contributed by atoms with E-state index in [0.717, 1.165) is 11.3 Å². The highest BCUT2D eigenvalue weighted by molar-refractivity contribution is 6.04. The Morgan fingerprint density at radius 3 is 2.37 bits per heavy atom. The zero-order valence-electron chi connectivity index (χ0n) is 10.5. The standard InChI is InChI=1S/C11H15N3O5/c1-13-6-8(16)14(10(13)19)5-7(15)12-11(9(17)18)3-2-4-11/h2-6H2,1H3,(H,12,15)(H,17,18). The highest BCUT2D eigenvalue weighted by Crippen LogP contribution is 2.31. The fourth-order valence-electron chi connectivity index (χ4n) is 2.20. The van der Waals surface area contributed by atoms with E-state index < -0.39 is 35.9 Å². The van der Waals surface area contributed by atoms with Crippen LogP contribution in [-0.4, -0.2) is 64.4 Å². The molecule has 2 rings (SSSR count). The molecule has 1 saturated heterocycles. The van der Waals surface area contributed by atoms with Gasteiger partial charge in [-0.3, -0.25) is 14.5 Å². The van der Waals surface area contributed by atoms with Crippen LogP contribution in [0.4, 0.5) is 4.79 Å². The van der Waals surface area contributed by atoms with E-state index in [1.165, 1.54) is 11.9 Å². The van der Waals surface area contributed by atoms with E-state index in [4.69, 9.17) is 5.11 Å². The van der Waals surface area contributed by atoms with Crippen molar-refractivity contribution in [2.45, 2.75) is 24.8 Å². The van der Waals surface area contributed by atoms with E-state index in [-0.39, 0.29) is 6.54 Å². The Morgan fingerprint density at radius 2 is 2.00 bits per heavy atom. The number of nitrogens with one attached hydrogen (secondary N) is 1. The summed E-state index contributed by atoms with van der Waals surface area (Å²) in [4.78, 5) is 47.9. The molecule has 0 spiro atoms. The Bertz CT molecular complexity index is 457. The van der Waals surface area contributed by atoms with Gasteiger partial charge in [0, 0.05) is 7.05 Å². The predicted molar refractivity (Wildman–Crippen MR) is 62.1 cm³/mol. The molecule has 1 heterocycles. The third-order valence-corrected chi connectivity index (χ3v) is 3.53. The molecule has 8 nitrogen and oxygen atoms in total. The summed E-state index contributed by atoms with van der Waals surface area (Å²) in [5.74, 6) is -2.16. The topological polar surface area (TPSA) is 107 Å². The van der Waals surface area contributed by atoms with E-state index in [1.54, 1.807) is 0 Å². The summed E-state index contributed by atoms with van der Waals surface area (Å²) in [6, 6.07) is -0.543. The monoisotopic (exact) mass is 269 g/mol. The molecular weight excluding hydrogens is 254 g/mol. The lowest BCUT2D eigenvalue weighted by atomic mass is 9.77. The van der Waals surface area contributed by atoms with Crippen molar-refractivity contribution in [3.05, 3.63) is 0 Å². The molecule has 1 saturated carbocycles. The highest BCUT2D eigenvalue weighted by Gasteiger charge is 2.46. The molecule has 0 aromatic rings. The summed E-state index contributed by atoms with van der Waals surface area (Å²) in [7, 11) is 1.46. The van der Waals surface area contributed by atoms with E-state index >= 15 is 0 Å². The third-order valence-electron chi connectivity index (χ3n) is 3.53. The van der Waals surface area contributed by atoms with Crippen molar-refractivity contribution >= 4 is 23.8 Å². The average molecular weight is 269 g/mol. The van der Waals surface area contributed by atoms with Gasteiger partial charge in [0.05, 0.1) is 0 Å². The van der Waals surface area contributed by atoms with Crippen LogP contribution in [0.2, 0.25) is 0 Å². The quantitative estimate of drug-likeness (QED) is 0.637.